The number of hydrogen-bond acceptors (Lipinski definition) is 4. The predicted molar refractivity (Wildman–Crippen MR) is 94.7 cm³/mol. The van der Waals surface area contributed by atoms with Gasteiger partial charge in [-0.15, -0.1) is 0 Å². The van der Waals surface area contributed by atoms with Crippen molar-refractivity contribution >= 4 is 21.8 Å². The van der Waals surface area contributed by atoms with Crippen LogP contribution in [0.15, 0.2) is 29.2 Å². The van der Waals surface area contributed by atoms with Gasteiger partial charge < -0.3 is 10.2 Å². The number of sulfonamides is 1. The molecule has 2 amide bonds. The van der Waals surface area contributed by atoms with Gasteiger partial charge in [-0.25, -0.2) is 12.7 Å². The van der Waals surface area contributed by atoms with E-state index in [4.69, 9.17) is 0 Å². The van der Waals surface area contributed by atoms with Gasteiger partial charge in [0.05, 0.1) is 11.4 Å². The fourth-order valence-corrected chi connectivity index (χ4v) is 3.58. The zero-order valence-electron chi connectivity index (χ0n) is 14.7. The Bertz CT molecular complexity index is 706. The summed E-state index contributed by atoms with van der Waals surface area (Å²) in [6, 6.07) is 5.67. The third kappa shape index (κ3) is 5.02. The molecule has 1 aromatic carbocycles. The van der Waals surface area contributed by atoms with Crippen LogP contribution in [0.25, 0.3) is 0 Å². The third-order valence-corrected chi connectivity index (χ3v) is 6.08. The van der Waals surface area contributed by atoms with Crippen LogP contribution >= 0.6 is 0 Å². The van der Waals surface area contributed by atoms with E-state index in [1.165, 1.54) is 38.4 Å². The first kappa shape index (κ1) is 19.4. The Labute approximate surface area is 149 Å². The second kappa shape index (κ2) is 8.44. The maximum atomic E-state index is 12.2. The molecule has 1 heterocycles. The number of rotatable bonds is 5. The smallest absolute Gasteiger partial charge is 0.251 e. The van der Waals surface area contributed by atoms with Crippen LogP contribution in [0.2, 0.25) is 0 Å². The number of carbonyl (C=O) groups excluding carboxylic acids is 2. The number of hydrogen-bond donors (Lipinski definition) is 1. The topological polar surface area (TPSA) is 86.8 Å². The minimum Gasteiger partial charge on any atom is -0.343 e. The van der Waals surface area contributed by atoms with Gasteiger partial charge in [0.15, 0.2) is 0 Å². The van der Waals surface area contributed by atoms with E-state index >= 15 is 0 Å². The van der Waals surface area contributed by atoms with Crippen molar-refractivity contribution in [3.8, 4) is 0 Å². The molecule has 0 bridgehead atoms. The van der Waals surface area contributed by atoms with E-state index < -0.39 is 15.9 Å². The number of likely N-dealkylation sites (tertiary alicyclic amines) is 1. The molecule has 0 unspecified atom stereocenters. The summed E-state index contributed by atoms with van der Waals surface area (Å²) in [7, 11) is -0.625. The van der Waals surface area contributed by atoms with Crippen molar-refractivity contribution in [3.05, 3.63) is 29.8 Å². The van der Waals surface area contributed by atoms with Crippen molar-refractivity contribution in [2.75, 3.05) is 33.7 Å². The van der Waals surface area contributed by atoms with Crippen LogP contribution in [0.5, 0.6) is 0 Å². The lowest BCUT2D eigenvalue weighted by Crippen LogP contribution is -2.40. The highest BCUT2D eigenvalue weighted by atomic mass is 32.2. The Kier molecular flexibility index (Phi) is 6.55. The summed E-state index contributed by atoms with van der Waals surface area (Å²) in [4.78, 5) is 26.2. The minimum atomic E-state index is -3.52. The highest BCUT2D eigenvalue weighted by Crippen LogP contribution is 2.14. The van der Waals surface area contributed by atoms with Crippen LogP contribution in [0.1, 0.15) is 36.0 Å². The molecule has 138 valence electrons. The van der Waals surface area contributed by atoms with Gasteiger partial charge in [0.2, 0.25) is 15.9 Å². The quantitative estimate of drug-likeness (QED) is 0.843. The van der Waals surface area contributed by atoms with E-state index in [2.05, 4.69) is 5.32 Å². The number of carbonyl (C=O) groups is 2. The van der Waals surface area contributed by atoms with Gasteiger partial charge in [-0.1, -0.05) is 12.8 Å². The molecule has 0 saturated carbocycles. The maximum Gasteiger partial charge on any atom is 0.251 e. The molecule has 2 rings (SSSR count). The number of nitrogens with one attached hydrogen (secondary N) is 1. The number of benzene rings is 1. The van der Waals surface area contributed by atoms with E-state index in [0.29, 0.717) is 5.56 Å². The largest absolute Gasteiger partial charge is 0.343 e. The average Bonchev–Trinajstić information content (AvgIpc) is 2.88. The van der Waals surface area contributed by atoms with Crippen molar-refractivity contribution in [1.82, 2.24) is 14.5 Å². The number of nitrogens with zero attached hydrogens (tertiary/aromatic N) is 2. The predicted octanol–water partition coefficient (Wildman–Crippen LogP) is 1.07. The minimum absolute atomic E-state index is 0.0451. The van der Waals surface area contributed by atoms with Crippen LogP contribution in [-0.4, -0.2) is 63.2 Å². The first-order valence-corrected chi connectivity index (χ1v) is 9.85. The fourth-order valence-electron chi connectivity index (χ4n) is 2.68. The second-order valence-electron chi connectivity index (χ2n) is 6.29. The summed E-state index contributed by atoms with van der Waals surface area (Å²) in [5, 5.41) is 2.61. The molecule has 1 aliphatic heterocycles. The highest BCUT2D eigenvalue weighted by molar-refractivity contribution is 7.89. The van der Waals surface area contributed by atoms with Crippen LogP contribution in [-0.2, 0) is 14.8 Å². The molecular weight excluding hydrogens is 342 g/mol. The lowest BCUT2D eigenvalue weighted by atomic mass is 10.2. The molecule has 0 atom stereocenters. The monoisotopic (exact) mass is 367 g/mol. The Hall–Kier alpha value is -1.93. The summed E-state index contributed by atoms with van der Waals surface area (Å²) in [5.74, 6) is -0.473. The summed E-state index contributed by atoms with van der Waals surface area (Å²) in [5.41, 5.74) is 0.321. The number of amides is 2. The van der Waals surface area contributed by atoms with Crippen LogP contribution in [0, 0.1) is 0 Å². The van der Waals surface area contributed by atoms with Gasteiger partial charge >= 0.3 is 0 Å². The van der Waals surface area contributed by atoms with Gasteiger partial charge in [0.1, 0.15) is 0 Å². The van der Waals surface area contributed by atoms with Gasteiger partial charge in [0, 0.05) is 32.7 Å². The normalized spacial score (nSPS) is 15.7. The van der Waals surface area contributed by atoms with E-state index in [1.807, 2.05) is 0 Å². The molecule has 1 fully saturated rings. The lowest BCUT2D eigenvalue weighted by molar-refractivity contribution is -0.130. The van der Waals surface area contributed by atoms with Crippen LogP contribution < -0.4 is 5.32 Å². The van der Waals surface area contributed by atoms with Gasteiger partial charge in [-0.2, -0.15) is 0 Å². The zero-order valence-corrected chi connectivity index (χ0v) is 15.5. The molecule has 0 radical (unpaired) electrons. The average molecular weight is 367 g/mol. The van der Waals surface area contributed by atoms with Crippen LogP contribution in [0.3, 0.4) is 0 Å². The van der Waals surface area contributed by atoms with Crippen molar-refractivity contribution in [2.24, 2.45) is 0 Å². The first-order chi connectivity index (χ1) is 11.8. The molecule has 1 aromatic rings. The summed E-state index contributed by atoms with van der Waals surface area (Å²) in [6.07, 6.45) is 4.28. The van der Waals surface area contributed by atoms with E-state index in [9.17, 15) is 18.0 Å². The molecule has 0 spiro atoms. The molecule has 25 heavy (non-hydrogen) atoms. The Morgan fingerprint density at radius 1 is 1.04 bits per heavy atom. The Morgan fingerprint density at radius 2 is 1.60 bits per heavy atom. The van der Waals surface area contributed by atoms with Crippen molar-refractivity contribution in [2.45, 2.75) is 30.6 Å². The highest BCUT2D eigenvalue weighted by Gasteiger charge is 2.19. The second-order valence-corrected chi connectivity index (χ2v) is 8.44. The van der Waals surface area contributed by atoms with E-state index in [0.717, 1.165) is 43.1 Å². The molecule has 1 saturated heterocycles. The van der Waals surface area contributed by atoms with Crippen molar-refractivity contribution in [3.63, 3.8) is 0 Å². The fraction of sp³-hybridized carbons (Fsp3) is 0.529. The lowest BCUT2D eigenvalue weighted by Gasteiger charge is -2.20. The Balaban J connectivity index is 1.93. The first-order valence-electron chi connectivity index (χ1n) is 8.41. The SMILES string of the molecule is CN(C)S(=O)(=O)c1ccc(C(=O)NCC(=O)N2CCCCCC2)cc1. The summed E-state index contributed by atoms with van der Waals surface area (Å²) < 4.78 is 25.1. The van der Waals surface area contributed by atoms with Gasteiger partial charge in [-0.3, -0.25) is 9.59 Å². The van der Waals surface area contributed by atoms with E-state index in [1.54, 1.807) is 4.90 Å². The molecule has 1 N–H and O–H groups in total. The van der Waals surface area contributed by atoms with E-state index in [-0.39, 0.29) is 17.3 Å². The third-order valence-electron chi connectivity index (χ3n) is 4.25. The molecule has 0 aliphatic carbocycles. The zero-order chi connectivity index (χ0) is 18.4. The molecule has 7 nitrogen and oxygen atoms in total. The summed E-state index contributed by atoms with van der Waals surface area (Å²) in [6.45, 7) is 1.44. The molecule has 1 aliphatic rings. The van der Waals surface area contributed by atoms with Gasteiger partial charge in [-0.05, 0) is 37.1 Å². The standard InChI is InChI=1S/C17H25N3O4S/c1-19(2)25(23,24)15-9-7-14(8-10-15)17(22)18-13-16(21)20-11-5-3-4-6-12-20/h7-10H,3-6,11-13H2,1-2H3,(H,18,22). The van der Waals surface area contributed by atoms with Gasteiger partial charge in [0.25, 0.3) is 5.91 Å². The summed E-state index contributed by atoms with van der Waals surface area (Å²) >= 11 is 0. The molecular formula is C17H25N3O4S. The molecule has 0 aromatic heterocycles. The maximum absolute atomic E-state index is 12.2. The van der Waals surface area contributed by atoms with Crippen LogP contribution in [0.4, 0.5) is 0 Å². The Morgan fingerprint density at radius 3 is 2.12 bits per heavy atom. The van der Waals surface area contributed by atoms with Crippen molar-refractivity contribution < 1.29 is 18.0 Å². The molecule has 8 heteroatoms. The van der Waals surface area contributed by atoms with Crippen molar-refractivity contribution in [1.29, 1.82) is 0 Å².